The molecule has 0 saturated carbocycles. The number of hydrogen-bond donors (Lipinski definition) is 0. The van der Waals surface area contributed by atoms with Crippen LogP contribution in [-0.2, 0) is 17.5 Å². The molecule has 9 heteroatoms. The highest BCUT2D eigenvalue weighted by atomic mass is 19.4. The zero-order valence-corrected chi connectivity index (χ0v) is 17.7. The summed E-state index contributed by atoms with van der Waals surface area (Å²) in [5, 5.41) is 6.45. The first-order valence-corrected chi connectivity index (χ1v) is 9.39. The first-order chi connectivity index (χ1) is 14.4. The third-order valence-corrected chi connectivity index (χ3v) is 3.76. The molecule has 0 radical (unpaired) electrons. The topological polar surface area (TPSA) is 68.5 Å². The predicted molar refractivity (Wildman–Crippen MR) is 110 cm³/mol. The standard InChI is InChI=1S/C22H24F3N3O3/c1-6-7-8-9-15(2)28(20(29)31-21(3,4)5)14-16-10-12-17(13-11-16)18-26-27-19(30-18)22(23,24)25/h6-13H,2,14H2,1,3-5H3/b7-6-,9-8-. The Morgan fingerprint density at radius 1 is 1.16 bits per heavy atom. The Morgan fingerprint density at radius 2 is 1.81 bits per heavy atom. The fourth-order valence-electron chi connectivity index (χ4n) is 2.36. The van der Waals surface area contributed by atoms with E-state index >= 15 is 0 Å². The molecule has 166 valence electrons. The van der Waals surface area contributed by atoms with Gasteiger partial charge in [-0.25, -0.2) is 4.79 Å². The van der Waals surface area contributed by atoms with E-state index in [9.17, 15) is 18.0 Å². The summed E-state index contributed by atoms with van der Waals surface area (Å²) in [6.45, 7) is 11.2. The summed E-state index contributed by atoms with van der Waals surface area (Å²) in [4.78, 5) is 14.0. The molecule has 2 aromatic rings. The van der Waals surface area contributed by atoms with Gasteiger partial charge in [0.25, 0.3) is 0 Å². The normalized spacial score (nSPS) is 12.5. The van der Waals surface area contributed by atoms with E-state index in [4.69, 9.17) is 4.74 Å². The average molecular weight is 435 g/mol. The fourth-order valence-corrected chi connectivity index (χ4v) is 2.36. The van der Waals surface area contributed by atoms with Gasteiger partial charge in [-0.05, 0) is 51.5 Å². The minimum absolute atomic E-state index is 0.145. The van der Waals surface area contributed by atoms with Crippen molar-refractivity contribution in [2.45, 2.75) is 46.0 Å². The Labute approximate surface area is 178 Å². The van der Waals surface area contributed by atoms with Crippen molar-refractivity contribution >= 4 is 6.09 Å². The number of benzene rings is 1. The van der Waals surface area contributed by atoms with Crippen LogP contribution in [0.5, 0.6) is 0 Å². The van der Waals surface area contributed by atoms with E-state index in [1.54, 1.807) is 51.1 Å². The van der Waals surface area contributed by atoms with Crippen LogP contribution in [0.1, 0.15) is 39.1 Å². The van der Waals surface area contributed by atoms with Crippen molar-refractivity contribution in [3.05, 3.63) is 72.3 Å². The number of ether oxygens (including phenoxy) is 1. The lowest BCUT2D eigenvalue weighted by atomic mass is 10.1. The summed E-state index contributed by atoms with van der Waals surface area (Å²) in [6, 6.07) is 6.36. The van der Waals surface area contributed by atoms with Gasteiger partial charge in [0, 0.05) is 11.3 Å². The molecule has 0 aliphatic rings. The second kappa shape index (κ2) is 9.63. The van der Waals surface area contributed by atoms with E-state index in [-0.39, 0.29) is 12.4 Å². The molecule has 0 atom stereocenters. The lowest BCUT2D eigenvalue weighted by molar-refractivity contribution is -0.156. The Morgan fingerprint density at radius 3 is 2.32 bits per heavy atom. The van der Waals surface area contributed by atoms with Gasteiger partial charge in [0.1, 0.15) is 5.60 Å². The van der Waals surface area contributed by atoms with Gasteiger partial charge in [-0.3, -0.25) is 4.90 Å². The fraction of sp³-hybridized carbons (Fsp3) is 0.318. The molecule has 0 saturated heterocycles. The third kappa shape index (κ3) is 7.13. The van der Waals surface area contributed by atoms with Crippen LogP contribution in [0.25, 0.3) is 11.5 Å². The van der Waals surface area contributed by atoms with Crippen LogP contribution in [0, 0.1) is 0 Å². The van der Waals surface area contributed by atoms with Gasteiger partial charge >= 0.3 is 18.2 Å². The number of hydrogen-bond acceptors (Lipinski definition) is 5. The Kier molecular flexibility index (Phi) is 7.43. The van der Waals surface area contributed by atoms with Crippen LogP contribution >= 0.6 is 0 Å². The van der Waals surface area contributed by atoms with Crippen molar-refractivity contribution < 1.29 is 27.1 Å². The highest BCUT2D eigenvalue weighted by Gasteiger charge is 2.38. The van der Waals surface area contributed by atoms with E-state index in [1.165, 1.54) is 17.0 Å². The molecule has 0 unspecified atom stereocenters. The molecule has 6 nitrogen and oxygen atoms in total. The van der Waals surface area contributed by atoms with E-state index in [1.807, 2.05) is 13.0 Å². The number of carbonyl (C=O) groups excluding carboxylic acids is 1. The lowest BCUT2D eigenvalue weighted by Gasteiger charge is -2.27. The van der Waals surface area contributed by atoms with Crippen LogP contribution in [0.15, 0.2) is 65.3 Å². The SMILES string of the molecule is C=C(/C=C\C=C/C)N(Cc1ccc(-c2nnc(C(F)(F)F)o2)cc1)C(=O)OC(C)(C)C. The number of carbonyl (C=O) groups is 1. The van der Waals surface area contributed by atoms with Crippen molar-refractivity contribution in [2.75, 3.05) is 0 Å². The van der Waals surface area contributed by atoms with Crippen LogP contribution in [0.2, 0.25) is 0 Å². The summed E-state index contributed by atoms with van der Waals surface area (Å²) in [7, 11) is 0. The maximum Gasteiger partial charge on any atom is 0.470 e. The summed E-state index contributed by atoms with van der Waals surface area (Å²) < 4.78 is 48.1. The highest BCUT2D eigenvalue weighted by molar-refractivity contribution is 5.71. The zero-order valence-electron chi connectivity index (χ0n) is 17.7. The van der Waals surface area contributed by atoms with Crippen LogP contribution in [0.4, 0.5) is 18.0 Å². The predicted octanol–water partition coefficient (Wildman–Crippen LogP) is 6.14. The highest BCUT2D eigenvalue weighted by Crippen LogP contribution is 2.30. The smallest absolute Gasteiger partial charge is 0.443 e. The largest absolute Gasteiger partial charge is 0.470 e. The summed E-state index contributed by atoms with van der Waals surface area (Å²) in [5.74, 6) is -1.66. The quantitative estimate of drug-likeness (QED) is 0.510. The number of nitrogens with zero attached hydrogens (tertiary/aromatic N) is 3. The molecule has 0 aliphatic heterocycles. The Hall–Kier alpha value is -3.36. The lowest BCUT2D eigenvalue weighted by Crippen LogP contribution is -2.35. The van der Waals surface area contributed by atoms with Gasteiger partial charge in [0.15, 0.2) is 0 Å². The number of halogens is 3. The summed E-state index contributed by atoms with van der Waals surface area (Å²) in [6.07, 6.45) is 1.78. The molecule has 2 rings (SSSR count). The van der Waals surface area contributed by atoms with Crippen LogP contribution < -0.4 is 0 Å². The second-order valence-electron chi connectivity index (χ2n) is 7.55. The third-order valence-electron chi connectivity index (χ3n) is 3.76. The molecule has 0 spiro atoms. The van der Waals surface area contributed by atoms with Crippen molar-refractivity contribution in [3.63, 3.8) is 0 Å². The van der Waals surface area contributed by atoms with Gasteiger partial charge in [-0.15, -0.1) is 10.2 Å². The minimum Gasteiger partial charge on any atom is -0.443 e. The van der Waals surface area contributed by atoms with Crippen molar-refractivity contribution in [1.82, 2.24) is 15.1 Å². The van der Waals surface area contributed by atoms with Gasteiger partial charge in [-0.1, -0.05) is 36.9 Å². The minimum atomic E-state index is -4.71. The van der Waals surface area contributed by atoms with Crippen molar-refractivity contribution in [2.24, 2.45) is 0 Å². The molecule has 0 bridgehead atoms. The van der Waals surface area contributed by atoms with E-state index in [0.29, 0.717) is 16.8 Å². The average Bonchev–Trinajstić information content (AvgIpc) is 3.16. The number of alkyl halides is 3. The van der Waals surface area contributed by atoms with Crippen LogP contribution in [-0.4, -0.2) is 26.8 Å². The van der Waals surface area contributed by atoms with Gasteiger partial charge in [-0.2, -0.15) is 13.2 Å². The second-order valence-corrected chi connectivity index (χ2v) is 7.55. The zero-order chi connectivity index (χ0) is 23.2. The summed E-state index contributed by atoms with van der Waals surface area (Å²) >= 11 is 0. The van der Waals surface area contributed by atoms with E-state index in [0.717, 1.165) is 0 Å². The van der Waals surface area contributed by atoms with E-state index < -0.39 is 23.8 Å². The number of amides is 1. The molecule has 0 N–H and O–H groups in total. The van der Waals surface area contributed by atoms with Gasteiger partial charge in [0.05, 0.1) is 6.54 Å². The van der Waals surface area contributed by atoms with Gasteiger partial charge in [0.2, 0.25) is 5.89 Å². The molecule has 1 aromatic carbocycles. The van der Waals surface area contributed by atoms with Gasteiger partial charge < -0.3 is 9.15 Å². The first-order valence-electron chi connectivity index (χ1n) is 9.39. The maximum atomic E-state index is 12.7. The maximum absolute atomic E-state index is 12.7. The summed E-state index contributed by atoms with van der Waals surface area (Å²) in [5.41, 5.74) is 0.747. The number of allylic oxidation sites excluding steroid dienone is 4. The van der Waals surface area contributed by atoms with Crippen molar-refractivity contribution in [1.29, 1.82) is 0 Å². The molecule has 0 aliphatic carbocycles. The van der Waals surface area contributed by atoms with Crippen molar-refractivity contribution in [3.8, 4) is 11.5 Å². The number of aromatic nitrogens is 2. The Balaban J connectivity index is 2.22. The van der Waals surface area contributed by atoms with Crippen LogP contribution in [0.3, 0.4) is 0 Å². The molecule has 1 heterocycles. The van der Waals surface area contributed by atoms with E-state index in [2.05, 4.69) is 21.2 Å². The molecular weight excluding hydrogens is 411 g/mol. The molecular formula is C22H24F3N3O3. The number of rotatable bonds is 6. The monoisotopic (exact) mass is 435 g/mol. The molecule has 1 aromatic heterocycles. The molecule has 0 fully saturated rings. The molecule has 31 heavy (non-hydrogen) atoms. The Bertz CT molecular complexity index is 968. The first kappa shape index (κ1) is 23.9. The molecule has 1 amide bonds.